The molecule has 2 aromatic carbocycles. The van der Waals surface area contributed by atoms with Gasteiger partial charge in [-0.1, -0.05) is 23.7 Å². The smallest absolute Gasteiger partial charge is 0.337 e. The highest BCUT2D eigenvalue weighted by molar-refractivity contribution is 6.30. The third-order valence-corrected chi connectivity index (χ3v) is 3.50. The molecule has 8 heteroatoms. The van der Waals surface area contributed by atoms with Gasteiger partial charge in [0.25, 0.3) is 11.8 Å². The number of nitrogens with zero attached hydrogens (tertiary/aromatic N) is 1. The molecule has 0 saturated heterocycles. The van der Waals surface area contributed by atoms with E-state index in [9.17, 15) is 14.4 Å². The molecule has 0 unspecified atom stereocenters. The number of halogens is 1. The molecule has 0 aliphatic rings. The van der Waals surface area contributed by atoms with Crippen LogP contribution in [0.5, 0.6) is 0 Å². The van der Waals surface area contributed by atoms with Crippen molar-refractivity contribution in [1.29, 1.82) is 0 Å². The number of carbonyl (C=O) groups excluding carboxylic acids is 3. The van der Waals surface area contributed by atoms with Crippen LogP contribution in [0.25, 0.3) is 0 Å². The SMILES string of the molecule is COC(=O)c1ccc(C=NNC(=O)CNC(=O)c2ccc(Cl)cc2)cc1. The lowest BCUT2D eigenvalue weighted by molar-refractivity contribution is -0.120. The van der Waals surface area contributed by atoms with Crippen molar-refractivity contribution < 1.29 is 19.1 Å². The van der Waals surface area contributed by atoms with E-state index in [1.807, 2.05) is 0 Å². The molecule has 0 bridgehead atoms. The maximum absolute atomic E-state index is 11.9. The summed E-state index contributed by atoms with van der Waals surface area (Å²) in [5.74, 6) is -1.30. The minimum atomic E-state index is -0.477. The predicted molar refractivity (Wildman–Crippen MR) is 97.3 cm³/mol. The number of methoxy groups -OCH3 is 1. The van der Waals surface area contributed by atoms with Crippen molar-refractivity contribution in [3.8, 4) is 0 Å². The molecule has 2 amide bonds. The van der Waals surface area contributed by atoms with Crippen LogP contribution in [-0.4, -0.2) is 37.7 Å². The molecule has 0 spiro atoms. The van der Waals surface area contributed by atoms with Crippen molar-refractivity contribution in [1.82, 2.24) is 10.7 Å². The van der Waals surface area contributed by atoms with Crippen LogP contribution in [0.2, 0.25) is 5.02 Å². The number of carbonyl (C=O) groups is 3. The van der Waals surface area contributed by atoms with Gasteiger partial charge in [-0.3, -0.25) is 9.59 Å². The average Bonchev–Trinajstić information content (AvgIpc) is 2.66. The Morgan fingerprint density at radius 1 is 1.04 bits per heavy atom. The standard InChI is InChI=1S/C18H16ClN3O4/c1-26-18(25)14-4-2-12(3-5-14)10-21-22-16(23)11-20-17(24)13-6-8-15(19)9-7-13/h2-10H,11H2,1H3,(H,20,24)(H,22,23). The summed E-state index contributed by atoms with van der Waals surface area (Å²) in [7, 11) is 1.30. The number of ether oxygens (including phenoxy) is 1. The molecule has 0 heterocycles. The van der Waals surface area contributed by atoms with Crippen LogP contribution in [-0.2, 0) is 9.53 Å². The Balaban J connectivity index is 1.79. The van der Waals surface area contributed by atoms with Crippen molar-refractivity contribution in [3.05, 3.63) is 70.2 Å². The molecule has 0 aliphatic carbocycles. The first-order chi connectivity index (χ1) is 12.5. The molecule has 0 atom stereocenters. The van der Waals surface area contributed by atoms with Crippen LogP contribution in [0.1, 0.15) is 26.3 Å². The van der Waals surface area contributed by atoms with Crippen molar-refractivity contribution in [2.75, 3.05) is 13.7 Å². The first-order valence-electron chi connectivity index (χ1n) is 7.53. The highest BCUT2D eigenvalue weighted by atomic mass is 35.5. The van der Waals surface area contributed by atoms with Crippen LogP contribution in [0, 0.1) is 0 Å². The molecule has 7 nitrogen and oxygen atoms in total. The van der Waals surface area contributed by atoms with Gasteiger partial charge in [-0.15, -0.1) is 0 Å². The minimum absolute atomic E-state index is 0.222. The molecule has 0 fully saturated rings. The van der Waals surface area contributed by atoms with E-state index in [4.69, 9.17) is 11.6 Å². The lowest BCUT2D eigenvalue weighted by Gasteiger charge is -2.04. The van der Waals surface area contributed by atoms with E-state index in [0.717, 1.165) is 0 Å². The van der Waals surface area contributed by atoms with Gasteiger partial charge in [0.2, 0.25) is 0 Å². The van der Waals surface area contributed by atoms with Gasteiger partial charge in [0.1, 0.15) is 0 Å². The van der Waals surface area contributed by atoms with Crippen LogP contribution in [0.3, 0.4) is 0 Å². The van der Waals surface area contributed by atoms with Crippen LogP contribution >= 0.6 is 11.6 Å². The second-order valence-corrected chi connectivity index (χ2v) is 5.53. The Morgan fingerprint density at radius 3 is 2.27 bits per heavy atom. The van der Waals surface area contributed by atoms with Crippen molar-refractivity contribution in [3.63, 3.8) is 0 Å². The van der Waals surface area contributed by atoms with E-state index < -0.39 is 11.9 Å². The zero-order valence-corrected chi connectivity index (χ0v) is 14.6. The largest absolute Gasteiger partial charge is 0.465 e. The van der Waals surface area contributed by atoms with E-state index in [2.05, 4.69) is 20.6 Å². The monoisotopic (exact) mass is 373 g/mol. The van der Waals surface area contributed by atoms with E-state index in [1.165, 1.54) is 13.3 Å². The van der Waals surface area contributed by atoms with Crippen molar-refractivity contribution in [2.24, 2.45) is 5.10 Å². The van der Waals surface area contributed by atoms with E-state index in [1.54, 1.807) is 48.5 Å². The summed E-state index contributed by atoms with van der Waals surface area (Å²) in [5.41, 5.74) is 3.80. The fraction of sp³-hybridized carbons (Fsp3) is 0.111. The highest BCUT2D eigenvalue weighted by Crippen LogP contribution is 2.09. The first-order valence-corrected chi connectivity index (χ1v) is 7.91. The van der Waals surface area contributed by atoms with Gasteiger partial charge in [-0.05, 0) is 42.0 Å². The Labute approximate surface area is 155 Å². The summed E-state index contributed by atoms with van der Waals surface area (Å²) in [5, 5.41) is 6.78. The fourth-order valence-electron chi connectivity index (χ4n) is 1.91. The van der Waals surface area contributed by atoms with Gasteiger partial charge < -0.3 is 10.1 Å². The highest BCUT2D eigenvalue weighted by Gasteiger charge is 2.07. The Kier molecular flexibility index (Phi) is 6.87. The first kappa shape index (κ1) is 19.1. The Hall–Kier alpha value is -3.19. The van der Waals surface area contributed by atoms with Gasteiger partial charge in [0, 0.05) is 10.6 Å². The molecule has 26 heavy (non-hydrogen) atoms. The second kappa shape index (κ2) is 9.33. The summed E-state index contributed by atoms with van der Waals surface area (Å²) in [6.07, 6.45) is 1.42. The molecule has 0 aromatic heterocycles. The van der Waals surface area contributed by atoms with Crippen molar-refractivity contribution >= 4 is 35.6 Å². The molecule has 2 rings (SSSR count). The summed E-state index contributed by atoms with van der Waals surface area (Å²) in [4.78, 5) is 34.9. The normalized spacial score (nSPS) is 10.4. The lowest BCUT2D eigenvalue weighted by atomic mass is 10.1. The molecular formula is C18H16ClN3O4. The van der Waals surface area contributed by atoms with Gasteiger partial charge >= 0.3 is 5.97 Å². The zero-order chi connectivity index (χ0) is 18.9. The van der Waals surface area contributed by atoms with Crippen LogP contribution in [0.15, 0.2) is 53.6 Å². The number of rotatable bonds is 6. The number of benzene rings is 2. The average molecular weight is 374 g/mol. The van der Waals surface area contributed by atoms with Crippen LogP contribution in [0.4, 0.5) is 0 Å². The fourth-order valence-corrected chi connectivity index (χ4v) is 2.03. The summed E-state index contributed by atoms with van der Waals surface area (Å²) >= 11 is 5.75. The summed E-state index contributed by atoms with van der Waals surface area (Å²) in [6, 6.07) is 12.8. The van der Waals surface area contributed by atoms with Crippen molar-refractivity contribution in [2.45, 2.75) is 0 Å². The third kappa shape index (κ3) is 5.71. The molecule has 0 aliphatic heterocycles. The van der Waals surface area contributed by atoms with E-state index >= 15 is 0 Å². The number of hydrogen-bond acceptors (Lipinski definition) is 5. The number of nitrogens with one attached hydrogen (secondary N) is 2. The summed E-state index contributed by atoms with van der Waals surface area (Å²) < 4.78 is 4.60. The maximum atomic E-state index is 11.9. The maximum Gasteiger partial charge on any atom is 0.337 e. The minimum Gasteiger partial charge on any atom is -0.465 e. The molecular weight excluding hydrogens is 358 g/mol. The Bertz CT molecular complexity index is 817. The number of esters is 1. The summed E-state index contributed by atoms with van der Waals surface area (Å²) in [6.45, 7) is -0.222. The molecule has 2 N–H and O–H groups in total. The Morgan fingerprint density at radius 2 is 1.65 bits per heavy atom. The van der Waals surface area contributed by atoms with Gasteiger partial charge in [0.05, 0.1) is 25.4 Å². The molecule has 134 valence electrons. The second-order valence-electron chi connectivity index (χ2n) is 5.10. The van der Waals surface area contributed by atoms with E-state index in [-0.39, 0.29) is 12.5 Å². The number of hydrazone groups is 1. The molecule has 0 radical (unpaired) electrons. The third-order valence-electron chi connectivity index (χ3n) is 3.25. The number of amides is 2. The van der Waals surface area contributed by atoms with Gasteiger partial charge in [-0.25, -0.2) is 10.2 Å². The quantitative estimate of drug-likeness (QED) is 0.460. The van der Waals surface area contributed by atoms with Crippen LogP contribution < -0.4 is 10.7 Å². The number of hydrogen-bond donors (Lipinski definition) is 2. The molecule has 2 aromatic rings. The lowest BCUT2D eigenvalue weighted by Crippen LogP contribution is -2.34. The predicted octanol–water partition coefficient (Wildman–Crippen LogP) is 2.01. The van der Waals surface area contributed by atoms with Gasteiger partial charge in [0.15, 0.2) is 0 Å². The molecule has 0 saturated carbocycles. The van der Waals surface area contributed by atoms with E-state index in [0.29, 0.717) is 21.7 Å². The zero-order valence-electron chi connectivity index (χ0n) is 13.9. The van der Waals surface area contributed by atoms with Gasteiger partial charge in [-0.2, -0.15) is 5.10 Å². The topological polar surface area (TPSA) is 96.9 Å².